The molecule has 0 aliphatic carbocycles. The van der Waals surface area contributed by atoms with Crippen molar-refractivity contribution in [3.8, 4) is 16.9 Å². The number of rotatable bonds is 8. The normalized spacial score (nSPS) is 10.7. The predicted molar refractivity (Wildman–Crippen MR) is 124 cm³/mol. The molecule has 0 aliphatic heterocycles. The molecule has 0 amide bonds. The number of aromatic carboxylic acids is 1. The number of carboxylic acids is 1. The van der Waals surface area contributed by atoms with E-state index >= 15 is 0 Å². The van der Waals surface area contributed by atoms with Gasteiger partial charge in [-0.2, -0.15) is 0 Å². The van der Waals surface area contributed by atoms with Gasteiger partial charge in [-0.25, -0.2) is 4.79 Å². The van der Waals surface area contributed by atoms with Crippen LogP contribution in [0.5, 0.6) is 5.75 Å². The summed E-state index contributed by atoms with van der Waals surface area (Å²) in [5.41, 5.74) is 3.06. The van der Waals surface area contributed by atoms with E-state index in [4.69, 9.17) is 16.3 Å². The first-order valence-corrected chi connectivity index (χ1v) is 10.4. The zero-order valence-corrected chi connectivity index (χ0v) is 17.8. The Kier molecular flexibility index (Phi) is 6.38. The van der Waals surface area contributed by atoms with Crippen LogP contribution in [-0.2, 0) is 6.54 Å². The summed E-state index contributed by atoms with van der Waals surface area (Å²) in [4.78, 5) is 24.0. The second-order valence-corrected chi connectivity index (χ2v) is 7.62. The molecule has 3 aromatic carbocycles. The number of hydrogen-bond acceptors (Lipinski definition) is 3. The topological polar surface area (TPSA) is 68.5 Å². The first-order chi connectivity index (χ1) is 15.5. The van der Waals surface area contributed by atoms with Crippen molar-refractivity contribution in [1.82, 2.24) is 4.57 Å². The number of halogens is 1. The van der Waals surface area contributed by atoms with E-state index in [0.29, 0.717) is 35.2 Å². The monoisotopic (exact) mass is 445 g/mol. The van der Waals surface area contributed by atoms with Gasteiger partial charge in [0.2, 0.25) is 5.78 Å². The van der Waals surface area contributed by atoms with Gasteiger partial charge in [-0.05, 0) is 71.8 Å². The van der Waals surface area contributed by atoms with Crippen molar-refractivity contribution in [2.45, 2.75) is 6.54 Å². The molecule has 1 aromatic heterocycles. The number of carboxylic acid groups (broad SMARTS) is 1. The maximum absolute atomic E-state index is 12.8. The quantitative estimate of drug-likeness (QED) is 0.347. The fourth-order valence-electron chi connectivity index (χ4n) is 3.42. The molecule has 0 unspecified atom stereocenters. The zero-order valence-electron chi connectivity index (χ0n) is 17.1. The summed E-state index contributed by atoms with van der Waals surface area (Å²) in [6.07, 6.45) is 1.85. The third kappa shape index (κ3) is 4.90. The minimum Gasteiger partial charge on any atom is -0.492 e. The van der Waals surface area contributed by atoms with E-state index in [-0.39, 0.29) is 11.3 Å². The highest BCUT2D eigenvalue weighted by atomic mass is 35.5. The summed E-state index contributed by atoms with van der Waals surface area (Å²) in [7, 11) is 0. The van der Waals surface area contributed by atoms with Gasteiger partial charge >= 0.3 is 5.97 Å². The van der Waals surface area contributed by atoms with Crippen molar-refractivity contribution in [1.29, 1.82) is 0 Å². The molecule has 6 heteroatoms. The highest BCUT2D eigenvalue weighted by molar-refractivity contribution is 6.30. The van der Waals surface area contributed by atoms with Crippen molar-refractivity contribution < 1.29 is 19.4 Å². The van der Waals surface area contributed by atoms with E-state index < -0.39 is 5.97 Å². The molecule has 0 fully saturated rings. The zero-order chi connectivity index (χ0) is 22.5. The Morgan fingerprint density at radius 1 is 0.844 bits per heavy atom. The van der Waals surface area contributed by atoms with Crippen LogP contribution in [0.25, 0.3) is 11.1 Å². The molecule has 0 spiro atoms. The van der Waals surface area contributed by atoms with Crippen LogP contribution in [0.2, 0.25) is 5.02 Å². The second kappa shape index (κ2) is 9.54. The summed E-state index contributed by atoms with van der Waals surface area (Å²) < 4.78 is 7.77. The number of carbonyl (C=O) groups excluding carboxylic acids is 1. The van der Waals surface area contributed by atoms with Gasteiger partial charge in [0.15, 0.2) is 0 Å². The number of ether oxygens (including phenoxy) is 1. The Morgan fingerprint density at radius 3 is 2.31 bits per heavy atom. The lowest BCUT2D eigenvalue weighted by Crippen LogP contribution is -2.14. The first kappa shape index (κ1) is 21.4. The van der Waals surface area contributed by atoms with Gasteiger partial charge in [0.1, 0.15) is 12.4 Å². The molecule has 1 N–H and O–H groups in total. The lowest BCUT2D eigenvalue weighted by molar-refractivity contribution is 0.0696. The number of benzene rings is 3. The lowest BCUT2D eigenvalue weighted by atomic mass is 10.0. The number of nitrogens with zero attached hydrogens (tertiary/aromatic N) is 1. The van der Waals surface area contributed by atoms with E-state index in [1.54, 1.807) is 48.5 Å². The van der Waals surface area contributed by atoms with Crippen molar-refractivity contribution in [2.24, 2.45) is 0 Å². The first-order valence-electron chi connectivity index (χ1n) is 10.0. The van der Waals surface area contributed by atoms with Gasteiger partial charge in [0.05, 0.1) is 17.8 Å². The SMILES string of the molecule is O=C(O)c1cccc(-c2cccc(OCCn3cccc3C(=O)c3ccc(Cl)cc3)c2)c1. The van der Waals surface area contributed by atoms with Gasteiger partial charge in [0, 0.05) is 16.8 Å². The fourth-order valence-corrected chi connectivity index (χ4v) is 3.55. The molecule has 160 valence electrons. The van der Waals surface area contributed by atoms with Crippen molar-refractivity contribution in [3.63, 3.8) is 0 Å². The fraction of sp³-hybridized carbons (Fsp3) is 0.0769. The van der Waals surface area contributed by atoms with Crippen LogP contribution in [-0.4, -0.2) is 28.0 Å². The average Bonchev–Trinajstić information content (AvgIpc) is 3.28. The molecular weight excluding hydrogens is 426 g/mol. The second-order valence-electron chi connectivity index (χ2n) is 7.19. The summed E-state index contributed by atoms with van der Waals surface area (Å²) in [6.45, 7) is 0.870. The summed E-state index contributed by atoms with van der Waals surface area (Å²) in [5.74, 6) is -0.372. The minimum atomic E-state index is -0.963. The van der Waals surface area contributed by atoms with E-state index in [0.717, 1.165) is 11.1 Å². The van der Waals surface area contributed by atoms with Gasteiger partial charge in [-0.3, -0.25) is 4.79 Å². The molecule has 0 radical (unpaired) electrons. The molecule has 5 nitrogen and oxygen atoms in total. The Morgan fingerprint density at radius 2 is 1.56 bits per heavy atom. The average molecular weight is 446 g/mol. The molecule has 0 saturated heterocycles. The van der Waals surface area contributed by atoms with Crippen molar-refractivity contribution in [2.75, 3.05) is 6.61 Å². The smallest absolute Gasteiger partial charge is 0.335 e. The minimum absolute atomic E-state index is 0.0769. The standard InChI is InChI=1S/C26H20ClNO4/c27-22-11-9-18(10-12-22)25(29)24-8-3-13-28(24)14-15-32-23-7-2-5-20(17-23)19-4-1-6-21(16-19)26(30)31/h1-13,16-17H,14-15H2,(H,30,31). The molecule has 4 rings (SSSR count). The van der Waals surface area contributed by atoms with Crippen LogP contribution < -0.4 is 4.74 Å². The Bertz CT molecular complexity index is 1260. The van der Waals surface area contributed by atoms with Crippen LogP contribution in [0.3, 0.4) is 0 Å². The molecular formula is C26H20ClNO4. The van der Waals surface area contributed by atoms with Gasteiger partial charge in [-0.1, -0.05) is 35.9 Å². The molecule has 0 aliphatic rings. The Labute approximate surface area is 190 Å². The van der Waals surface area contributed by atoms with Crippen molar-refractivity contribution >= 4 is 23.4 Å². The highest BCUT2D eigenvalue weighted by Gasteiger charge is 2.13. The van der Waals surface area contributed by atoms with Gasteiger partial charge in [0.25, 0.3) is 0 Å². The molecule has 32 heavy (non-hydrogen) atoms. The van der Waals surface area contributed by atoms with Crippen LogP contribution in [0.15, 0.2) is 91.1 Å². The maximum atomic E-state index is 12.8. The Hall–Kier alpha value is -3.83. The number of ketones is 1. The number of carbonyl (C=O) groups is 2. The maximum Gasteiger partial charge on any atom is 0.335 e. The molecule has 0 saturated carbocycles. The van der Waals surface area contributed by atoms with E-state index in [9.17, 15) is 14.7 Å². The van der Waals surface area contributed by atoms with Crippen LogP contribution in [0, 0.1) is 0 Å². The molecule has 0 atom stereocenters. The highest BCUT2D eigenvalue weighted by Crippen LogP contribution is 2.25. The largest absolute Gasteiger partial charge is 0.492 e. The number of hydrogen-bond donors (Lipinski definition) is 1. The van der Waals surface area contributed by atoms with E-state index in [1.165, 1.54) is 0 Å². The number of aromatic nitrogens is 1. The predicted octanol–water partition coefficient (Wildman–Crippen LogP) is 5.82. The van der Waals surface area contributed by atoms with E-state index in [2.05, 4.69) is 0 Å². The van der Waals surface area contributed by atoms with Crippen LogP contribution in [0.4, 0.5) is 0 Å². The van der Waals surface area contributed by atoms with Crippen LogP contribution >= 0.6 is 11.6 Å². The lowest BCUT2D eigenvalue weighted by Gasteiger charge is -2.11. The Balaban J connectivity index is 1.43. The summed E-state index contributed by atoms with van der Waals surface area (Å²) in [6, 6.07) is 24.7. The third-order valence-electron chi connectivity index (χ3n) is 5.05. The molecule has 0 bridgehead atoms. The molecule has 4 aromatic rings. The molecule has 1 heterocycles. The summed E-state index contributed by atoms with van der Waals surface area (Å²) >= 11 is 5.91. The van der Waals surface area contributed by atoms with Crippen molar-refractivity contribution in [3.05, 3.63) is 113 Å². The summed E-state index contributed by atoms with van der Waals surface area (Å²) in [5, 5.41) is 9.79. The van der Waals surface area contributed by atoms with Gasteiger partial charge < -0.3 is 14.4 Å². The van der Waals surface area contributed by atoms with E-state index in [1.807, 2.05) is 47.2 Å². The third-order valence-corrected chi connectivity index (χ3v) is 5.30. The van der Waals surface area contributed by atoms with Gasteiger partial charge in [-0.15, -0.1) is 0 Å². The van der Waals surface area contributed by atoms with Crippen LogP contribution in [0.1, 0.15) is 26.4 Å².